The lowest BCUT2D eigenvalue weighted by Crippen LogP contribution is -2.10. The summed E-state index contributed by atoms with van der Waals surface area (Å²) < 4.78 is 0. The molecule has 0 aliphatic heterocycles. The quantitative estimate of drug-likeness (QED) is 0.743. The molecule has 1 heterocycles. The van der Waals surface area contributed by atoms with E-state index < -0.39 is 0 Å². The maximum absolute atomic E-state index is 12.6. The highest BCUT2D eigenvalue weighted by Crippen LogP contribution is 2.23. The molecule has 3 rings (SSSR count). The number of para-hydroxylation sites is 1. The van der Waals surface area contributed by atoms with Crippen LogP contribution < -0.4 is 5.43 Å². The van der Waals surface area contributed by atoms with Gasteiger partial charge in [-0.05, 0) is 30.5 Å². The Labute approximate surface area is 118 Å². The van der Waals surface area contributed by atoms with Gasteiger partial charge in [0, 0.05) is 10.9 Å². The molecule has 0 saturated carbocycles. The van der Waals surface area contributed by atoms with Crippen LogP contribution in [0.15, 0.2) is 53.3 Å². The zero-order chi connectivity index (χ0) is 14.1. The van der Waals surface area contributed by atoms with Crippen molar-refractivity contribution in [3.05, 3.63) is 69.9 Å². The van der Waals surface area contributed by atoms with Gasteiger partial charge in [-0.1, -0.05) is 49.4 Å². The zero-order valence-electron chi connectivity index (χ0n) is 11.7. The Kier molecular flexibility index (Phi) is 3.15. The topological polar surface area (TPSA) is 32.9 Å². The van der Waals surface area contributed by atoms with Gasteiger partial charge in [0.25, 0.3) is 0 Å². The van der Waals surface area contributed by atoms with E-state index in [0.29, 0.717) is 0 Å². The second-order valence-electron chi connectivity index (χ2n) is 5.01. The molecule has 0 aliphatic rings. The van der Waals surface area contributed by atoms with E-state index >= 15 is 0 Å². The molecule has 0 aliphatic carbocycles. The highest BCUT2D eigenvalue weighted by atomic mass is 16.1. The van der Waals surface area contributed by atoms with E-state index in [1.54, 1.807) is 0 Å². The van der Waals surface area contributed by atoms with Gasteiger partial charge in [-0.3, -0.25) is 4.79 Å². The molecule has 0 unspecified atom stereocenters. The highest BCUT2D eigenvalue weighted by Gasteiger charge is 2.11. The fraction of sp³-hybridized carbons (Fsp3) is 0.167. The molecule has 0 amide bonds. The number of pyridine rings is 1. The van der Waals surface area contributed by atoms with E-state index in [1.807, 2.05) is 49.4 Å². The third kappa shape index (κ3) is 1.94. The van der Waals surface area contributed by atoms with Gasteiger partial charge in [0.15, 0.2) is 5.43 Å². The Morgan fingerprint density at radius 3 is 2.45 bits per heavy atom. The molecule has 2 aromatic carbocycles. The minimum absolute atomic E-state index is 0.118. The van der Waals surface area contributed by atoms with Crippen molar-refractivity contribution in [1.29, 1.82) is 0 Å². The molecule has 0 bridgehead atoms. The maximum Gasteiger partial charge on any atom is 0.192 e. The smallest absolute Gasteiger partial charge is 0.192 e. The molecule has 1 N–H and O–H groups in total. The second kappa shape index (κ2) is 4.97. The average Bonchev–Trinajstić information content (AvgIpc) is 2.51. The van der Waals surface area contributed by atoms with E-state index in [0.717, 1.165) is 34.1 Å². The summed E-state index contributed by atoms with van der Waals surface area (Å²) in [5.41, 5.74) is 5.00. The van der Waals surface area contributed by atoms with Crippen molar-refractivity contribution in [3.63, 3.8) is 0 Å². The molecule has 2 nitrogen and oxygen atoms in total. The number of hydrogen-bond donors (Lipinski definition) is 1. The van der Waals surface area contributed by atoms with Crippen molar-refractivity contribution in [1.82, 2.24) is 4.98 Å². The van der Waals surface area contributed by atoms with Gasteiger partial charge >= 0.3 is 0 Å². The first-order chi connectivity index (χ1) is 9.72. The van der Waals surface area contributed by atoms with Crippen LogP contribution in [0.5, 0.6) is 0 Å². The molecular weight excluding hydrogens is 246 g/mol. The van der Waals surface area contributed by atoms with Gasteiger partial charge in [0.05, 0.1) is 11.2 Å². The highest BCUT2D eigenvalue weighted by molar-refractivity contribution is 5.85. The van der Waals surface area contributed by atoms with Gasteiger partial charge in [0.1, 0.15) is 0 Å². The largest absolute Gasteiger partial charge is 0.354 e. The van der Waals surface area contributed by atoms with Gasteiger partial charge < -0.3 is 4.98 Å². The lowest BCUT2D eigenvalue weighted by atomic mass is 10.0. The molecule has 0 fully saturated rings. The second-order valence-corrected chi connectivity index (χ2v) is 5.01. The fourth-order valence-electron chi connectivity index (χ4n) is 2.66. The molecule has 0 atom stereocenters. The number of fused-ring (bicyclic) bond motifs is 1. The summed E-state index contributed by atoms with van der Waals surface area (Å²) in [5, 5.41) is 0.779. The summed E-state index contributed by atoms with van der Waals surface area (Å²) >= 11 is 0. The van der Waals surface area contributed by atoms with Crippen molar-refractivity contribution in [2.45, 2.75) is 20.3 Å². The molecule has 2 heteroatoms. The summed E-state index contributed by atoms with van der Waals surface area (Å²) in [5.74, 6) is 0. The van der Waals surface area contributed by atoms with Crippen molar-refractivity contribution < 1.29 is 0 Å². The molecule has 100 valence electrons. The first kappa shape index (κ1) is 12.7. The first-order valence-electron chi connectivity index (χ1n) is 6.92. The normalized spacial score (nSPS) is 10.9. The third-order valence-corrected chi connectivity index (χ3v) is 3.80. The first-order valence-corrected chi connectivity index (χ1v) is 6.92. The lowest BCUT2D eigenvalue weighted by Gasteiger charge is -2.11. The maximum atomic E-state index is 12.6. The monoisotopic (exact) mass is 263 g/mol. The summed E-state index contributed by atoms with van der Waals surface area (Å²) in [6.07, 6.45) is 0.907. The van der Waals surface area contributed by atoms with Crippen molar-refractivity contribution in [2.24, 2.45) is 0 Å². The average molecular weight is 263 g/mol. The van der Waals surface area contributed by atoms with Gasteiger partial charge in [-0.15, -0.1) is 0 Å². The van der Waals surface area contributed by atoms with E-state index in [4.69, 9.17) is 0 Å². The van der Waals surface area contributed by atoms with Gasteiger partial charge in [0.2, 0.25) is 0 Å². The van der Waals surface area contributed by atoms with E-state index in [9.17, 15) is 4.79 Å². The van der Waals surface area contributed by atoms with Crippen LogP contribution in [0, 0.1) is 6.92 Å². The van der Waals surface area contributed by atoms with Crippen molar-refractivity contribution >= 4 is 10.9 Å². The molecule has 0 spiro atoms. The number of rotatable bonds is 2. The van der Waals surface area contributed by atoms with Crippen LogP contribution in [0.3, 0.4) is 0 Å². The summed E-state index contributed by atoms with van der Waals surface area (Å²) in [6, 6.07) is 15.9. The van der Waals surface area contributed by atoms with E-state index in [2.05, 4.69) is 18.0 Å². The third-order valence-electron chi connectivity index (χ3n) is 3.80. The Balaban J connectivity index is 2.40. The summed E-state index contributed by atoms with van der Waals surface area (Å²) in [4.78, 5) is 16.0. The Morgan fingerprint density at radius 1 is 1.00 bits per heavy atom. The minimum Gasteiger partial charge on any atom is -0.354 e. The van der Waals surface area contributed by atoms with Crippen LogP contribution in [0.25, 0.3) is 22.2 Å². The number of benzene rings is 2. The van der Waals surface area contributed by atoms with Crippen molar-refractivity contribution in [3.8, 4) is 11.3 Å². The van der Waals surface area contributed by atoms with Crippen LogP contribution in [-0.2, 0) is 6.42 Å². The molecule has 20 heavy (non-hydrogen) atoms. The predicted octanol–water partition coefficient (Wildman–Crippen LogP) is 4.07. The summed E-state index contributed by atoms with van der Waals surface area (Å²) in [7, 11) is 0. The van der Waals surface area contributed by atoms with Gasteiger partial charge in [-0.2, -0.15) is 0 Å². The summed E-state index contributed by atoms with van der Waals surface area (Å²) in [6.45, 7) is 3.99. The molecule has 0 saturated heterocycles. The Bertz CT molecular complexity index is 816. The van der Waals surface area contributed by atoms with Crippen LogP contribution >= 0.6 is 0 Å². The fourth-order valence-corrected chi connectivity index (χ4v) is 2.66. The van der Waals surface area contributed by atoms with E-state index in [1.165, 1.54) is 5.56 Å². The SMILES string of the molecule is CCc1cccc2c(=O)c(C)c(-c3ccccc3)[nH]c12. The minimum atomic E-state index is 0.118. The molecule has 3 aromatic rings. The van der Waals surface area contributed by atoms with Gasteiger partial charge in [-0.25, -0.2) is 0 Å². The lowest BCUT2D eigenvalue weighted by molar-refractivity contribution is 1.14. The predicted molar refractivity (Wildman–Crippen MR) is 84.1 cm³/mol. The molecule has 1 aromatic heterocycles. The van der Waals surface area contributed by atoms with Crippen LogP contribution in [0.4, 0.5) is 0 Å². The van der Waals surface area contributed by atoms with Crippen molar-refractivity contribution in [2.75, 3.05) is 0 Å². The van der Waals surface area contributed by atoms with E-state index in [-0.39, 0.29) is 5.43 Å². The Hall–Kier alpha value is -2.35. The number of aromatic amines is 1. The molecular formula is C18H17NO. The molecule has 0 radical (unpaired) electrons. The number of aryl methyl sites for hydroxylation is 1. The number of hydrogen-bond acceptors (Lipinski definition) is 1. The number of aromatic nitrogens is 1. The van der Waals surface area contributed by atoms with Crippen LogP contribution in [0.2, 0.25) is 0 Å². The number of nitrogens with one attached hydrogen (secondary N) is 1. The van der Waals surface area contributed by atoms with Crippen LogP contribution in [0.1, 0.15) is 18.1 Å². The van der Waals surface area contributed by atoms with Crippen LogP contribution in [-0.4, -0.2) is 4.98 Å². The zero-order valence-corrected chi connectivity index (χ0v) is 11.7. The standard InChI is InChI=1S/C18H17NO/c1-3-13-10-7-11-15-17(13)19-16(12(2)18(15)20)14-8-5-4-6-9-14/h4-11H,3H2,1-2H3,(H,19,20). The Morgan fingerprint density at radius 2 is 1.75 bits per heavy atom. The number of H-pyrrole nitrogens is 1.